The SMILES string of the molecule is Cc1cccc2[nH]c(Cc3ccc(NC(=O)C4CSC(c5ccncc5)N4C(=O)OCc4ccccc4)cc3)nc12. The Morgan fingerprint density at radius 3 is 2.51 bits per heavy atom. The van der Waals surface area contributed by atoms with Crippen molar-refractivity contribution in [2.45, 2.75) is 31.4 Å². The molecule has 1 saturated heterocycles. The standard InChI is InChI=1S/C32H29N5O3S/c1-21-6-5-9-26-29(21)36-28(35-26)18-22-10-12-25(13-11-22)34-30(38)27-20-41-31(24-14-16-33-17-15-24)37(27)32(39)40-19-23-7-3-2-4-8-23/h2-17,27,31H,18-20H2,1H3,(H,34,38)(H,35,36). The highest BCUT2D eigenvalue weighted by molar-refractivity contribution is 7.99. The number of nitrogens with one attached hydrogen (secondary N) is 2. The van der Waals surface area contributed by atoms with Crippen LogP contribution in [0.5, 0.6) is 0 Å². The number of thioether (sulfide) groups is 1. The monoisotopic (exact) mass is 563 g/mol. The van der Waals surface area contributed by atoms with Gasteiger partial charge in [-0.25, -0.2) is 9.78 Å². The lowest BCUT2D eigenvalue weighted by Crippen LogP contribution is -2.45. The average molecular weight is 564 g/mol. The molecule has 5 aromatic rings. The Balaban J connectivity index is 1.15. The van der Waals surface area contributed by atoms with E-state index in [0.29, 0.717) is 17.9 Å². The van der Waals surface area contributed by atoms with Crippen molar-refractivity contribution in [3.63, 3.8) is 0 Å². The first-order chi connectivity index (χ1) is 20.0. The number of carbonyl (C=O) groups excluding carboxylic acids is 2. The van der Waals surface area contributed by atoms with Gasteiger partial charge in [0.2, 0.25) is 5.91 Å². The maximum Gasteiger partial charge on any atom is 0.412 e. The number of aryl methyl sites for hydroxylation is 1. The molecule has 1 aliphatic rings. The fourth-order valence-electron chi connectivity index (χ4n) is 4.95. The molecule has 2 aromatic heterocycles. The maximum atomic E-state index is 13.5. The van der Waals surface area contributed by atoms with Crippen LogP contribution in [0.1, 0.15) is 33.5 Å². The molecule has 0 bridgehead atoms. The number of aromatic amines is 1. The van der Waals surface area contributed by atoms with Gasteiger partial charge in [0.15, 0.2) is 0 Å². The molecule has 0 saturated carbocycles. The molecule has 206 valence electrons. The predicted octanol–water partition coefficient (Wildman–Crippen LogP) is 6.25. The van der Waals surface area contributed by atoms with Crippen molar-refractivity contribution in [2.75, 3.05) is 11.1 Å². The average Bonchev–Trinajstić information content (AvgIpc) is 3.63. The number of para-hydroxylation sites is 1. The summed E-state index contributed by atoms with van der Waals surface area (Å²) in [5.74, 6) is 1.08. The summed E-state index contributed by atoms with van der Waals surface area (Å²) in [6.07, 6.45) is 3.49. The number of anilines is 1. The van der Waals surface area contributed by atoms with Crippen molar-refractivity contribution >= 4 is 40.5 Å². The lowest BCUT2D eigenvalue weighted by Gasteiger charge is -2.28. The van der Waals surface area contributed by atoms with Crippen LogP contribution >= 0.6 is 11.8 Å². The highest BCUT2D eigenvalue weighted by Crippen LogP contribution is 2.42. The highest BCUT2D eigenvalue weighted by atomic mass is 32.2. The van der Waals surface area contributed by atoms with Gasteiger partial charge in [0, 0.05) is 30.3 Å². The third kappa shape index (κ3) is 5.95. The molecule has 2 unspecified atom stereocenters. The number of hydrogen-bond acceptors (Lipinski definition) is 6. The lowest BCUT2D eigenvalue weighted by atomic mass is 10.1. The third-order valence-corrected chi connectivity index (χ3v) is 8.39. The minimum Gasteiger partial charge on any atom is -0.444 e. The van der Waals surface area contributed by atoms with Gasteiger partial charge in [-0.3, -0.25) is 14.7 Å². The summed E-state index contributed by atoms with van der Waals surface area (Å²) in [6, 6.07) is 26.3. The number of amides is 2. The van der Waals surface area contributed by atoms with Gasteiger partial charge in [0.1, 0.15) is 23.8 Å². The molecule has 2 N–H and O–H groups in total. The second kappa shape index (κ2) is 11.9. The van der Waals surface area contributed by atoms with E-state index >= 15 is 0 Å². The molecule has 0 aliphatic carbocycles. The number of carbonyl (C=O) groups is 2. The van der Waals surface area contributed by atoms with Gasteiger partial charge in [0.25, 0.3) is 0 Å². The number of rotatable bonds is 7. The zero-order valence-corrected chi connectivity index (χ0v) is 23.3. The highest BCUT2D eigenvalue weighted by Gasteiger charge is 2.43. The molecule has 3 heterocycles. The van der Waals surface area contributed by atoms with Crippen molar-refractivity contribution in [1.82, 2.24) is 19.9 Å². The van der Waals surface area contributed by atoms with Gasteiger partial charge in [0.05, 0.1) is 11.0 Å². The number of imidazole rings is 1. The number of benzene rings is 3. The molecule has 2 amide bonds. The Hall–Kier alpha value is -4.63. The topological polar surface area (TPSA) is 100 Å². The zero-order chi connectivity index (χ0) is 28.2. The fraction of sp³-hybridized carbons (Fsp3) is 0.188. The van der Waals surface area contributed by atoms with Gasteiger partial charge >= 0.3 is 6.09 Å². The Kier molecular flexibility index (Phi) is 7.69. The van der Waals surface area contributed by atoms with Crippen LogP contribution in [0.25, 0.3) is 11.0 Å². The van der Waals surface area contributed by atoms with Gasteiger partial charge < -0.3 is 15.0 Å². The summed E-state index contributed by atoms with van der Waals surface area (Å²) in [6.45, 7) is 2.18. The largest absolute Gasteiger partial charge is 0.444 e. The predicted molar refractivity (Wildman–Crippen MR) is 160 cm³/mol. The molecular weight excluding hydrogens is 534 g/mol. The summed E-state index contributed by atoms with van der Waals surface area (Å²) in [5, 5.41) is 2.64. The summed E-state index contributed by atoms with van der Waals surface area (Å²) in [7, 11) is 0. The van der Waals surface area contributed by atoms with Crippen LogP contribution < -0.4 is 5.32 Å². The normalized spacial score (nSPS) is 16.6. The van der Waals surface area contributed by atoms with Crippen LogP contribution in [0, 0.1) is 6.92 Å². The van der Waals surface area contributed by atoms with E-state index in [0.717, 1.165) is 39.1 Å². The van der Waals surface area contributed by atoms with Crippen molar-refractivity contribution in [1.29, 1.82) is 0 Å². The first kappa shape index (κ1) is 26.6. The number of hydrogen-bond donors (Lipinski definition) is 2. The van der Waals surface area contributed by atoms with Crippen LogP contribution in [-0.4, -0.2) is 43.6 Å². The molecular formula is C32H29N5O3S. The van der Waals surface area contributed by atoms with E-state index in [1.807, 2.05) is 78.9 Å². The number of aromatic nitrogens is 3. The minimum absolute atomic E-state index is 0.129. The molecule has 1 aliphatic heterocycles. The molecule has 6 rings (SSSR count). The van der Waals surface area contributed by atoms with Crippen LogP contribution in [-0.2, 0) is 22.6 Å². The van der Waals surface area contributed by atoms with Gasteiger partial charge in [-0.05, 0) is 59.5 Å². The quantitative estimate of drug-likeness (QED) is 0.243. The van der Waals surface area contributed by atoms with Crippen molar-refractivity contribution in [2.24, 2.45) is 0 Å². The second-order valence-electron chi connectivity index (χ2n) is 9.95. The molecule has 9 heteroatoms. The Morgan fingerprint density at radius 1 is 0.976 bits per heavy atom. The summed E-state index contributed by atoms with van der Waals surface area (Å²) < 4.78 is 5.66. The summed E-state index contributed by atoms with van der Waals surface area (Å²) in [4.78, 5) is 40.6. The first-order valence-corrected chi connectivity index (χ1v) is 14.4. The van der Waals surface area contributed by atoms with E-state index in [-0.39, 0.29) is 17.9 Å². The van der Waals surface area contributed by atoms with E-state index in [4.69, 9.17) is 9.72 Å². The van der Waals surface area contributed by atoms with E-state index in [2.05, 4.69) is 28.3 Å². The summed E-state index contributed by atoms with van der Waals surface area (Å²) >= 11 is 1.53. The fourth-order valence-corrected chi connectivity index (χ4v) is 6.36. The molecule has 41 heavy (non-hydrogen) atoms. The van der Waals surface area contributed by atoms with Gasteiger partial charge in [-0.1, -0.05) is 54.6 Å². The van der Waals surface area contributed by atoms with Crippen LogP contribution in [0.3, 0.4) is 0 Å². The molecule has 2 atom stereocenters. The van der Waals surface area contributed by atoms with E-state index in [9.17, 15) is 9.59 Å². The van der Waals surface area contributed by atoms with Gasteiger partial charge in [-0.2, -0.15) is 0 Å². The smallest absolute Gasteiger partial charge is 0.412 e. The zero-order valence-electron chi connectivity index (χ0n) is 22.5. The Bertz CT molecular complexity index is 1660. The first-order valence-electron chi connectivity index (χ1n) is 13.4. The summed E-state index contributed by atoms with van der Waals surface area (Å²) in [5.41, 5.74) is 6.65. The number of pyridine rings is 1. The van der Waals surface area contributed by atoms with Crippen LogP contribution in [0.2, 0.25) is 0 Å². The molecule has 0 radical (unpaired) electrons. The number of H-pyrrole nitrogens is 1. The molecule has 1 fully saturated rings. The van der Waals surface area contributed by atoms with Crippen molar-refractivity contribution in [3.05, 3.63) is 125 Å². The second-order valence-corrected chi connectivity index (χ2v) is 11.1. The Morgan fingerprint density at radius 2 is 1.76 bits per heavy atom. The number of ether oxygens (including phenoxy) is 1. The maximum absolute atomic E-state index is 13.5. The van der Waals surface area contributed by atoms with E-state index < -0.39 is 12.1 Å². The van der Waals surface area contributed by atoms with Gasteiger partial charge in [-0.15, -0.1) is 11.8 Å². The molecule has 3 aromatic carbocycles. The van der Waals surface area contributed by atoms with Crippen LogP contribution in [0.15, 0.2) is 97.3 Å². The van der Waals surface area contributed by atoms with E-state index in [1.54, 1.807) is 12.4 Å². The molecule has 0 spiro atoms. The van der Waals surface area contributed by atoms with Crippen molar-refractivity contribution in [3.8, 4) is 0 Å². The molecule has 8 nitrogen and oxygen atoms in total. The Labute approximate surface area is 242 Å². The minimum atomic E-state index is -0.695. The van der Waals surface area contributed by atoms with Crippen molar-refractivity contribution < 1.29 is 14.3 Å². The third-order valence-electron chi connectivity index (χ3n) is 7.07. The number of nitrogens with zero attached hydrogens (tertiary/aromatic N) is 3. The van der Waals surface area contributed by atoms with Crippen LogP contribution in [0.4, 0.5) is 10.5 Å². The number of fused-ring (bicyclic) bond motifs is 1. The lowest BCUT2D eigenvalue weighted by molar-refractivity contribution is -0.120. The van der Waals surface area contributed by atoms with E-state index in [1.165, 1.54) is 16.7 Å².